The molecule has 0 spiro atoms. The first-order valence-electron chi connectivity index (χ1n) is 6.36. The van der Waals surface area contributed by atoms with Crippen LogP contribution in [0.5, 0.6) is 0 Å². The average molecular weight is 286 g/mol. The molecule has 0 bridgehead atoms. The molecule has 20 heavy (non-hydrogen) atoms. The van der Waals surface area contributed by atoms with E-state index in [1.807, 2.05) is 32.0 Å². The molecule has 0 atom stereocenters. The first kappa shape index (κ1) is 14.2. The summed E-state index contributed by atoms with van der Waals surface area (Å²) in [6.07, 6.45) is 0. The summed E-state index contributed by atoms with van der Waals surface area (Å²) in [7, 11) is 0. The fourth-order valence-corrected chi connectivity index (χ4v) is 3.04. The lowest BCUT2D eigenvalue weighted by atomic mass is 10.1. The van der Waals surface area contributed by atoms with Crippen LogP contribution in [0.15, 0.2) is 47.3 Å². The van der Waals surface area contributed by atoms with E-state index in [0.717, 1.165) is 4.70 Å². The van der Waals surface area contributed by atoms with E-state index in [-0.39, 0.29) is 11.0 Å². The Bertz CT molecular complexity index is 834. The van der Waals surface area contributed by atoms with Gasteiger partial charge in [0.2, 0.25) is 0 Å². The van der Waals surface area contributed by atoms with Crippen LogP contribution < -0.4 is 5.43 Å². The van der Waals surface area contributed by atoms with E-state index < -0.39 is 5.97 Å². The fraction of sp³-hybridized carbons (Fsp3) is 0.125. The normalized spacial score (nSPS) is 10.1. The Morgan fingerprint density at radius 2 is 1.65 bits per heavy atom. The largest absolute Gasteiger partial charge is 0.478 e. The zero-order valence-electron chi connectivity index (χ0n) is 11.2. The van der Waals surface area contributed by atoms with E-state index in [9.17, 15) is 9.59 Å². The van der Waals surface area contributed by atoms with Crippen LogP contribution in [0, 0.1) is 0 Å². The van der Waals surface area contributed by atoms with Crippen molar-refractivity contribution in [1.29, 1.82) is 0 Å². The van der Waals surface area contributed by atoms with Crippen molar-refractivity contribution < 1.29 is 9.90 Å². The van der Waals surface area contributed by atoms with E-state index in [2.05, 4.69) is 0 Å². The average Bonchev–Trinajstić information content (AvgIpc) is 2.49. The predicted molar refractivity (Wildman–Crippen MR) is 83.9 cm³/mol. The maximum atomic E-state index is 12.2. The number of carboxylic acids is 1. The zero-order valence-corrected chi connectivity index (χ0v) is 12.0. The summed E-state index contributed by atoms with van der Waals surface area (Å²) in [6.45, 7) is 4.00. The molecule has 3 aromatic rings. The molecule has 102 valence electrons. The van der Waals surface area contributed by atoms with Crippen molar-refractivity contribution in [3.8, 4) is 0 Å². The van der Waals surface area contributed by atoms with Crippen molar-refractivity contribution in [1.82, 2.24) is 0 Å². The van der Waals surface area contributed by atoms with Gasteiger partial charge in [-0.05, 0) is 30.3 Å². The summed E-state index contributed by atoms with van der Waals surface area (Å²) in [6, 6.07) is 12.0. The molecule has 0 amide bonds. The molecule has 0 aliphatic heterocycles. The molecule has 2 aromatic carbocycles. The van der Waals surface area contributed by atoms with E-state index in [1.54, 1.807) is 18.2 Å². The van der Waals surface area contributed by atoms with Gasteiger partial charge in [0.25, 0.3) is 0 Å². The minimum atomic E-state index is -0.982. The molecule has 0 radical (unpaired) electrons. The molecule has 1 aromatic heterocycles. The number of rotatable bonds is 1. The third kappa shape index (κ3) is 2.42. The standard InChI is InChI=1S/C14H8O3S.C2H6/c15-13-9-3-1-2-4-11(9)18-12-7-8(14(16)17)5-6-10(12)13;1-2/h1-7H,(H,16,17);1-2H3. The second-order valence-corrected chi connectivity index (χ2v) is 5.03. The molecule has 4 heteroatoms. The lowest BCUT2D eigenvalue weighted by molar-refractivity contribution is 0.0697. The summed E-state index contributed by atoms with van der Waals surface area (Å²) in [5.74, 6) is -0.982. The number of fused-ring (bicyclic) bond motifs is 2. The maximum Gasteiger partial charge on any atom is 0.335 e. The summed E-state index contributed by atoms with van der Waals surface area (Å²) in [5.41, 5.74) is 0.157. The number of benzene rings is 2. The number of carboxylic acid groups (broad SMARTS) is 1. The first-order chi connectivity index (χ1) is 9.66. The molecule has 1 N–H and O–H groups in total. The molecule has 0 unspecified atom stereocenters. The van der Waals surface area contributed by atoms with E-state index in [0.29, 0.717) is 15.5 Å². The van der Waals surface area contributed by atoms with Gasteiger partial charge >= 0.3 is 5.97 Å². The second kappa shape index (κ2) is 5.84. The summed E-state index contributed by atoms with van der Waals surface area (Å²) >= 11 is 1.43. The van der Waals surface area contributed by atoms with Crippen LogP contribution in [-0.4, -0.2) is 11.1 Å². The summed E-state index contributed by atoms with van der Waals surface area (Å²) < 4.78 is 1.58. The Labute approximate surface area is 120 Å². The van der Waals surface area contributed by atoms with Crippen molar-refractivity contribution in [2.75, 3.05) is 0 Å². The van der Waals surface area contributed by atoms with E-state index >= 15 is 0 Å². The highest BCUT2D eigenvalue weighted by Gasteiger charge is 2.08. The topological polar surface area (TPSA) is 54.4 Å². The van der Waals surface area contributed by atoms with Crippen LogP contribution in [0.3, 0.4) is 0 Å². The van der Waals surface area contributed by atoms with Crippen LogP contribution in [0.1, 0.15) is 24.2 Å². The van der Waals surface area contributed by atoms with Crippen LogP contribution in [0.4, 0.5) is 0 Å². The van der Waals surface area contributed by atoms with E-state index in [4.69, 9.17) is 5.11 Å². The van der Waals surface area contributed by atoms with Crippen LogP contribution in [0.25, 0.3) is 20.2 Å². The van der Waals surface area contributed by atoms with Crippen molar-refractivity contribution in [2.45, 2.75) is 13.8 Å². The highest BCUT2D eigenvalue weighted by Crippen LogP contribution is 2.25. The number of aromatic carboxylic acids is 1. The maximum absolute atomic E-state index is 12.2. The van der Waals surface area contributed by atoms with Crippen LogP contribution in [-0.2, 0) is 0 Å². The Hall–Kier alpha value is -2.20. The third-order valence-electron chi connectivity index (χ3n) is 2.82. The third-order valence-corrected chi connectivity index (χ3v) is 3.96. The lowest BCUT2D eigenvalue weighted by Crippen LogP contribution is -2.02. The van der Waals surface area contributed by atoms with Gasteiger partial charge < -0.3 is 5.11 Å². The number of carbonyl (C=O) groups is 1. The Morgan fingerprint density at radius 3 is 2.35 bits per heavy atom. The molecule has 0 saturated carbocycles. The monoisotopic (exact) mass is 286 g/mol. The van der Waals surface area contributed by atoms with Gasteiger partial charge in [-0.3, -0.25) is 4.79 Å². The minimum absolute atomic E-state index is 0.0451. The van der Waals surface area contributed by atoms with Crippen LogP contribution in [0.2, 0.25) is 0 Å². The number of hydrogen-bond acceptors (Lipinski definition) is 3. The Kier molecular flexibility index (Phi) is 4.15. The Morgan fingerprint density at radius 1 is 1.00 bits per heavy atom. The van der Waals surface area contributed by atoms with Gasteiger partial charge in [-0.2, -0.15) is 0 Å². The van der Waals surface area contributed by atoms with Gasteiger partial charge in [0, 0.05) is 20.2 Å². The van der Waals surface area contributed by atoms with Crippen molar-refractivity contribution in [3.05, 3.63) is 58.3 Å². The molecule has 1 heterocycles. The van der Waals surface area contributed by atoms with Gasteiger partial charge in [-0.15, -0.1) is 11.3 Å². The molecule has 0 aliphatic rings. The zero-order chi connectivity index (χ0) is 14.7. The van der Waals surface area contributed by atoms with Crippen LogP contribution >= 0.6 is 11.3 Å². The second-order valence-electron chi connectivity index (χ2n) is 3.94. The molecule has 0 fully saturated rings. The lowest BCUT2D eigenvalue weighted by Gasteiger charge is -2.01. The van der Waals surface area contributed by atoms with E-state index in [1.165, 1.54) is 17.4 Å². The SMILES string of the molecule is CC.O=C(O)c1ccc2c(=O)c3ccccc3sc2c1. The first-order valence-corrected chi connectivity index (χ1v) is 7.17. The quantitative estimate of drug-likeness (QED) is 0.684. The van der Waals surface area contributed by atoms with Gasteiger partial charge in [0.15, 0.2) is 5.43 Å². The Balaban J connectivity index is 0.000000704. The van der Waals surface area contributed by atoms with Gasteiger partial charge in [-0.25, -0.2) is 4.79 Å². The summed E-state index contributed by atoms with van der Waals surface area (Å²) in [5, 5.41) is 10.2. The molecule has 0 saturated heterocycles. The van der Waals surface area contributed by atoms with Gasteiger partial charge in [0.05, 0.1) is 5.56 Å². The van der Waals surface area contributed by atoms with Crippen molar-refractivity contribution in [3.63, 3.8) is 0 Å². The highest BCUT2D eigenvalue weighted by atomic mass is 32.1. The van der Waals surface area contributed by atoms with Crippen molar-refractivity contribution >= 4 is 37.5 Å². The smallest absolute Gasteiger partial charge is 0.335 e. The fourth-order valence-electron chi connectivity index (χ4n) is 1.93. The molecular weight excluding hydrogens is 272 g/mol. The highest BCUT2D eigenvalue weighted by molar-refractivity contribution is 7.24. The molecular formula is C16H14O3S. The van der Waals surface area contributed by atoms with Gasteiger partial charge in [0.1, 0.15) is 0 Å². The summed E-state index contributed by atoms with van der Waals surface area (Å²) in [4.78, 5) is 23.1. The molecule has 3 nitrogen and oxygen atoms in total. The number of hydrogen-bond donors (Lipinski definition) is 1. The molecule has 0 aliphatic carbocycles. The predicted octanol–water partition coefficient (Wildman–Crippen LogP) is 4.14. The van der Waals surface area contributed by atoms with Crippen molar-refractivity contribution in [2.24, 2.45) is 0 Å². The minimum Gasteiger partial charge on any atom is -0.478 e. The van der Waals surface area contributed by atoms with Gasteiger partial charge in [-0.1, -0.05) is 26.0 Å². The molecule has 3 rings (SSSR count).